The monoisotopic (exact) mass is 382 g/mol. The van der Waals surface area contributed by atoms with Crippen LogP contribution in [0.4, 0.5) is 14.5 Å². The summed E-state index contributed by atoms with van der Waals surface area (Å²) < 4.78 is 51.6. The van der Waals surface area contributed by atoms with E-state index in [-0.39, 0.29) is 12.2 Å². The highest BCUT2D eigenvalue weighted by Gasteiger charge is 2.29. The van der Waals surface area contributed by atoms with Gasteiger partial charge in [0.15, 0.2) is 11.6 Å². The van der Waals surface area contributed by atoms with Crippen molar-refractivity contribution in [1.29, 1.82) is 0 Å². The molecule has 0 aliphatic rings. The zero-order valence-electron chi connectivity index (χ0n) is 14.7. The van der Waals surface area contributed by atoms with Crippen LogP contribution in [0.1, 0.15) is 18.1 Å². The smallest absolute Gasteiger partial charge is 0.243 e. The average molecular weight is 382 g/mol. The fourth-order valence-corrected chi connectivity index (χ4v) is 3.64. The average Bonchev–Trinajstić information content (AvgIpc) is 2.56. The van der Waals surface area contributed by atoms with Crippen molar-refractivity contribution in [2.45, 2.75) is 26.4 Å². The second kappa shape index (κ2) is 7.82. The first-order chi connectivity index (χ1) is 12.1. The van der Waals surface area contributed by atoms with Gasteiger partial charge in [0.1, 0.15) is 6.04 Å². The van der Waals surface area contributed by atoms with Gasteiger partial charge in [-0.2, -0.15) is 0 Å². The molecule has 0 unspecified atom stereocenters. The maximum Gasteiger partial charge on any atom is 0.243 e. The van der Waals surface area contributed by atoms with Crippen LogP contribution in [0.25, 0.3) is 0 Å². The quantitative estimate of drug-likeness (QED) is 0.835. The summed E-state index contributed by atoms with van der Waals surface area (Å²) in [5.74, 6) is -2.84. The molecule has 0 saturated heterocycles. The molecular formula is C18H20F2N2O3S. The van der Waals surface area contributed by atoms with E-state index in [1.807, 2.05) is 31.2 Å². The number of nitrogens with zero attached hydrogens (tertiary/aromatic N) is 1. The summed E-state index contributed by atoms with van der Waals surface area (Å²) in [4.78, 5) is 12.4. The number of sulfonamides is 1. The molecule has 0 aliphatic heterocycles. The molecule has 8 heteroatoms. The SMILES string of the molecule is Cc1ccc(CNC(=O)[C@H](C)N(c2ccc(F)c(F)c2)S(C)(=O)=O)cc1. The second-order valence-corrected chi connectivity index (χ2v) is 7.90. The largest absolute Gasteiger partial charge is 0.350 e. The summed E-state index contributed by atoms with van der Waals surface area (Å²) >= 11 is 0. The lowest BCUT2D eigenvalue weighted by atomic mass is 10.1. The molecule has 0 aromatic heterocycles. The van der Waals surface area contributed by atoms with Crippen molar-refractivity contribution < 1.29 is 22.0 Å². The van der Waals surface area contributed by atoms with Gasteiger partial charge in [-0.05, 0) is 31.5 Å². The van der Waals surface area contributed by atoms with Crippen LogP contribution in [0.15, 0.2) is 42.5 Å². The second-order valence-electron chi connectivity index (χ2n) is 6.04. The molecule has 0 radical (unpaired) electrons. The van der Waals surface area contributed by atoms with E-state index in [2.05, 4.69) is 5.32 Å². The van der Waals surface area contributed by atoms with E-state index in [1.165, 1.54) is 6.92 Å². The number of rotatable bonds is 6. The Morgan fingerprint density at radius 2 is 1.73 bits per heavy atom. The molecular weight excluding hydrogens is 362 g/mol. The standard InChI is InChI=1S/C18H20F2N2O3S/c1-12-4-6-14(7-5-12)11-21-18(23)13(2)22(26(3,24)25)15-8-9-16(19)17(20)10-15/h4-10,13H,11H2,1-3H3,(H,21,23)/t13-/m0/s1. The van der Waals surface area contributed by atoms with E-state index in [0.717, 1.165) is 39.9 Å². The highest BCUT2D eigenvalue weighted by atomic mass is 32.2. The molecule has 1 amide bonds. The van der Waals surface area contributed by atoms with Crippen molar-refractivity contribution in [2.75, 3.05) is 10.6 Å². The van der Waals surface area contributed by atoms with Crippen LogP contribution in [-0.2, 0) is 21.4 Å². The predicted octanol–water partition coefficient (Wildman–Crippen LogP) is 2.74. The molecule has 0 heterocycles. The van der Waals surface area contributed by atoms with Gasteiger partial charge in [-0.1, -0.05) is 29.8 Å². The highest BCUT2D eigenvalue weighted by molar-refractivity contribution is 7.92. The van der Waals surface area contributed by atoms with Gasteiger partial charge in [-0.3, -0.25) is 9.10 Å². The molecule has 1 atom stereocenters. The van der Waals surface area contributed by atoms with Gasteiger partial charge >= 0.3 is 0 Å². The van der Waals surface area contributed by atoms with Crippen LogP contribution < -0.4 is 9.62 Å². The molecule has 2 aromatic rings. The Balaban J connectivity index is 2.20. The van der Waals surface area contributed by atoms with Crippen LogP contribution in [0.3, 0.4) is 0 Å². The molecule has 140 valence electrons. The van der Waals surface area contributed by atoms with Gasteiger partial charge in [0, 0.05) is 12.6 Å². The van der Waals surface area contributed by atoms with E-state index >= 15 is 0 Å². The highest BCUT2D eigenvalue weighted by Crippen LogP contribution is 2.23. The molecule has 26 heavy (non-hydrogen) atoms. The molecule has 2 rings (SSSR count). The number of carbonyl (C=O) groups excluding carboxylic acids is 1. The summed E-state index contributed by atoms with van der Waals surface area (Å²) in [6.45, 7) is 3.54. The van der Waals surface area contributed by atoms with Crippen LogP contribution in [0.5, 0.6) is 0 Å². The van der Waals surface area contributed by atoms with E-state index < -0.39 is 33.6 Å². The summed E-state index contributed by atoms with van der Waals surface area (Å²) in [6, 6.07) is 9.04. The molecule has 5 nitrogen and oxygen atoms in total. The minimum absolute atomic E-state index is 0.121. The fraction of sp³-hybridized carbons (Fsp3) is 0.278. The first-order valence-corrected chi connectivity index (χ1v) is 9.72. The summed E-state index contributed by atoms with van der Waals surface area (Å²) in [5, 5.41) is 2.65. The normalized spacial score (nSPS) is 12.5. The third kappa shape index (κ3) is 4.78. The van der Waals surface area contributed by atoms with Crippen LogP contribution >= 0.6 is 0 Å². The van der Waals surface area contributed by atoms with Crippen molar-refractivity contribution in [1.82, 2.24) is 5.32 Å². The number of aryl methyl sites for hydroxylation is 1. The summed E-state index contributed by atoms with van der Waals surface area (Å²) in [5.41, 5.74) is 1.81. The Labute approximate surface area is 151 Å². The maximum absolute atomic E-state index is 13.5. The minimum atomic E-state index is -3.90. The lowest BCUT2D eigenvalue weighted by Gasteiger charge is -2.28. The summed E-state index contributed by atoms with van der Waals surface area (Å²) in [6.07, 6.45) is 0.901. The van der Waals surface area contributed by atoms with Crippen LogP contribution in [-0.4, -0.2) is 26.6 Å². The van der Waals surface area contributed by atoms with Crippen molar-refractivity contribution in [3.05, 3.63) is 65.2 Å². The van der Waals surface area contributed by atoms with Gasteiger partial charge in [0.25, 0.3) is 0 Å². The van der Waals surface area contributed by atoms with Crippen molar-refractivity contribution >= 4 is 21.6 Å². The molecule has 0 fully saturated rings. The first-order valence-electron chi connectivity index (χ1n) is 7.87. The Bertz CT molecular complexity index is 899. The Morgan fingerprint density at radius 3 is 2.27 bits per heavy atom. The van der Waals surface area contributed by atoms with Crippen molar-refractivity contribution in [3.8, 4) is 0 Å². The number of anilines is 1. The number of amides is 1. The van der Waals surface area contributed by atoms with E-state index in [1.54, 1.807) is 0 Å². The molecule has 0 saturated carbocycles. The fourth-order valence-electron chi connectivity index (χ4n) is 2.47. The van der Waals surface area contributed by atoms with E-state index in [4.69, 9.17) is 0 Å². The Hall–Kier alpha value is -2.48. The van der Waals surface area contributed by atoms with E-state index in [9.17, 15) is 22.0 Å². The number of benzene rings is 2. The van der Waals surface area contributed by atoms with Gasteiger partial charge < -0.3 is 5.32 Å². The Morgan fingerprint density at radius 1 is 1.12 bits per heavy atom. The lowest BCUT2D eigenvalue weighted by molar-refractivity contribution is -0.122. The third-order valence-electron chi connectivity index (χ3n) is 3.83. The number of hydrogen-bond acceptors (Lipinski definition) is 3. The number of nitrogens with one attached hydrogen (secondary N) is 1. The molecule has 2 aromatic carbocycles. The number of carbonyl (C=O) groups is 1. The maximum atomic E-state index is 13.5. The van der Waals surface area contributed by atoms with Gasteiger partial charge in [0.05, 0.1) is 11.9 Å². The van der Waals surface area contributed by atoms with Crippen LogP contribution in [0.2, 0.25) is 0 Å². The van der Waals surface area contributed by atoms with Gasteiger partial charge in [-0.25, -0.2) is 17.2 Å². The molecule has 1 N–H and O–H groups in total. The number of halogens is 2. The Kier molecular flexibility index (Phi) is 5.97. The van der Waals surface area contributed by atoms with Crippen LogP contribution in [0, 0.1) is 18.6 Å². The van der Waals surface area contributed by atoms with Crippen molar-refractivity contribution in [2.24, 2.45) is 0 Å². The zero-order chi connectivity index (χ0) is 19.5. The number of hydrogen-bond donors (Lipinski definition) is 1. The van der Waals surface area contributed by atoms with E-state index in [0.29, 0.717) is 0 Å². The lowest BCUT2D eigenvalue weighted by Crippen LogP contribution is -2.47. The third-order valence-corrected chi connectivity index (χ3v) is 5.08. The van der Waals surface area contributed by atoms with Gasteiger partial charge in [-0.15, -0.1) is 0 Å². The van der Waals surface area contributed by atoms with Gasteiger partial charge in [0.2, 0.25) is 15.9 Å². The summed E-state index contributed by atoms with van der Waals surface area (Å²) in [7, 11) is -3.90. The predicted molar refractivity (Wildman–Crippen MR) is 96.2 cm³/mol. The molecule has 0 bridgehead atoms. The van der Waals surface area contributed by atoms with Crippen molar-refractivity contribution in [3.63, 3.8) is 0 Å². The topological polar surface area (TPSA) is 66.5 Å². The minimum Gasteiger partial charge on any atom is -0.350 e. The molecule has 0 spiro atoms. The first kappa shape index (κ1) is 19.8. The zero-order valence-corrected chi connectivity index (χ0v) is 15.5. The molecule has 0 aliphatic carbocycles.